The van der Waals surface area contributed by atoms with E-state index in [-0.39, 0.29) is 0 Å². The van der Waals surface area contributed by atoms with Gasteiger partial charge in [0.05, 0.1) is 0 Å². The highest BCUT2D eigenvalue weighted by molar-refractivity contribution is 5.82. The summed E-state index contributed by atoms with van der Waals surface area (Å²) >= 11 is 0. The summed E-state index contributed by atoms with van der Waals surface area (Å²) in [6.07, 6.45) is 2.37. The first-order valence-electron chi connectivity index (χ1n) is 3.96. The van der Waals surface area contributed by atoms with Gasteiger partial charge in [-0.3, -0.25) is 4.79 Å². The van der Waals surface area contributed by atoms with Gasteiger partial charge in [-0.15, -0.1) is 0 Å². The van der Waals surface area contributed by atoms with E-state index in [0.29, 0.717) is 17.1 Å². The molecule has 2 nitrogen and oxygen atoms in total. The van der Waals surface area contributed by atoms with Crippen molar-refractivity contribution in [3.05, 3.63) is 0 Å². The molecule has 1 spiro atoms. The zero-order valence-corrected chi connectivity index (χ0v) is 6.31. The summed E-state index contributed by atoms with van der Waals surface area (Å²) in [7, 11) is 0. The van der Waals surface area contributed by atoms with E-state index in [1.54, 1.807) is 6.92 Å². The summed E-state index contributed by atoms with van der Waals surface area (Å²) in [6, 6.07) is 0. The molecular weight excluding hydrogens is 126 g/mol. The number of hydrogen-bond donors (Lipinski definition) is 1. The summed E-state index contributed by atoms with van der Waals surface area (Å²) in [5, 5.41) is 3.31. The van der Waals surface area contributed by atoms with Crippen LogP contribution in [0.2, 0.25) is 0 Å². The molecule has 1 aliphatic heterocycles. The summed E-state index contributed by atoms with van der Waals surface area (Å²) in [5.74, 6) is 0.797. The smallest absolute Gasteiger partial charge is 0.133 e. The van der Waals surface area contributed by atoms with Crippen LogP contribution >= 0.6 is 0 Å². The predicted molar refractivity (Wildman–Crippen MR) is 38.7 cm³/mol. The SMILES string of the molecule is CC(=O)C1CC12CCNC2. The van der Waals surface area contributed by atoms with E-state index in [1.165, 1.54) is 6.42 Å². The third kappa shape index (κ3) is 0.717. The second-order valence-electron chi connectivity index (χ2n) is 3.66. The fourth-order valence-electron chi connectivity index (χ4n) is 2.16. The van der Waals surface area contributed by atoms with Crippen LogP contribution in [-0.4, -0.2) is 18.9 Å². The summed E-state index contributed by atoms with van der Waals surface area (Å²) in [6.45, 7) is 3.92. The van der Waals surface area contributed by atoms with E-state index in [1.807, 2.05) is 0 Å². The third-order valence-corrected chi connectivity index (χ3v) is 2.96. The van der Waals surface area contributed by atoms with Crippen LogP contribution in [0.3, 0.4) is 0 Å². The molecule has 0 aromatic carbocycles. The van der Waals surface area contributed by atoms with E-state index in [4.69, 9.17) is 0 Å². The summed E-state index contributed by atoms with van der Waals surface area (Å²) in [5.41, 5.74) is 0.422. The lowest BCUT2D eigenvalue weighted by Gasteiger charge is -2.02. The molecule has 10 heavy (non-hydrogen) atoms. The molecule has 2 rings (SSSR count). The lowest BCUT2D eigenvalue weighted by atomic mass is 10.0. The Balaban J connectivity index is 2.04. The van der Waals surface area contributed by atoms with Gasteiger partial charge in [0.15, 0.2) is 0 Å². The standard InChI is InChI=1S/C8H13NO/c1-6(10)7-4-8(7)2-3-9-5-8/h7,9H,2-5H2,1H3. The summed E-state index contributed by atoms with van der Waals surface area (Å²) in [4.78, 5) is 10.9. The van der Waals surface area contributed by atoms with Gasteiger partial charge in [0.2, 0.25) is 0 Å². The lowest BCUT2D eigenvalue weighted by molar-refractivity contribution is -0.118. The molecule has 1 heterocycles. The predicted octanol–water partition coefficient (Wildman–Crippen LogP) is 0.575. The highest BCUT2D eigenvalue weighted by atomic mass is 16.1. The maximum Gasteiger partial charge on any atom is 0.133 e. The van der Waals surface area contributed by atoms with Crippen molar-refractivity contribution >= 4 is 5.78 Å². The minimum Gasteiger partial charge on any atom is -0.316 e. The summed E-state index contributed by atoms with van der Waals surface area (Å²) < 4.78 is 0. The van der Waals surface area contributed by atoms with Crippen LogP contribution in [0.25, 0.3) is 0 Å². The number of rotatable bonds is 1. The van der Waals surface area contributed by atoms with E-state index in [9.17, 15) is 4.79 Å². The van der Waals surface area contributed by atoms with Crippen LogP contribution in [-0.2, 0) is 4.79 Å². The zero-order chi connectivity index (χ0) is 7.19. The Bertz CT molecular complexity index is 170. The number of ketones is 1. The molecule has 56 valence electrons. The van der Waals surface area contributed by atoms with Gasteiger partial charge >= 0.3 is 0 Å². The van der Waals surface area contributed by atoms with Crippen molar-refractivity contribution in [1.29, 1.82) is 0 Å². The van der Waals surface area contributed by atoms with Crippen LogP contribution in [0.5, 0.6) is 0 Å². The van der Waals surface area contributed by atoms with Gasteiger partial charge < -0.3 is 5.32 Å². The van der Waals surface area contributed by atoms with E-state index in [2.05, 4.69) is 5.32 Å². The highest BCUT2D eigenvalue weighted by Gasteiger charge is 2.57. The first kappa shape index (κ1) is 6.35. The topological polar surface area (TPSA) is 29.1 Å². The van der Waals surface area contributed by atoms with Gasteiger partial charge in [-0.25, -0.2) is 0 Å². The second kappa shape index (κ2) is 1.82. The van der Waals surface area contributed by atoms with Crippen molar-refractivity contribution < 1.29 is 4.79 Å². The molecule has 1 aliphatic carbocycles. The molecule has 0 radical (unpaired) electrons. The Morgan fingerprint density at radius 3 is 2.90 bits per heavy atom. The van der Waals surface area contributed by atoms with Crippen LogP contribution in [0.15, 0.2) is 0 Å². The Hall–Kier alpha value is -0.370. The molecule has 1 N–H and O–H groups in total. The molecule has 0 amide bonds. The Labute approximate surface area is 61.0 Å². The van der Waals surface area contributed by atoms with Gasteiger partial charge in [0.1, 0.15) is 5.78 Å². The normalized spacial score (nSPS) is 44.3. The minimum atomic E-state index is 0.392. The van der Waals surface area contributed by atoms with Crippen molar-refractivity contribution in [2.45, 2.75) is 19.8 Å². The molecule has 1 saturated heterocycles. The van der Waals surface area contributed by atoms with Gasteiger partial charge in [-0.05, 0) is 31.7 Å². The van der Waals surface area contributed by atoms with Gasteiger partial charge in [-0.2, -0.15) is 0 Å². The number of carbonyl (C=O) groups is 1. The molecule has 0 bridgehead atoms. The Kier molecular flexibility index (Phi) is 1.15. The number of nitrogens with one attached hydrogen (secondary N) is 1. The van der Waals surface area contributed by atoms with Crippen molar-refractivity contribution in [3.8, 4) is 0 Å². The van der Waals surface area contributed by atoms with Crippen molar-refractivity contribution in [2.75, 3.05) is 13.1 Å². The van der Waals surface area contributed by atoms with Gasteiger partial charge in [0.25, 0.3) is 0 Å². The molecule has 2 unspecified atom stereocenters. The van der Waals surface area contributed by atoms with Crippen molar-refractivity contribution in [2.24, 2.45) is 11.3 Å². The second-order valence-corrected chi connectivity index (χ2v) is 3.66. The first-order chi connectivity index (χ1) is 4.75. The first-order valence-corrected chi connectivity index (χ1v) is 3.96. The van der Waals surface area contributed by atoms with E-state index >= 15 is 0 Å². The van der Waals surface area contributed by atoms with Crippen molar-refractivity contribution in [1.82, 2.24) is 5.32 Å². The monoisotopic (exact) mass is 139 g/mol. The number of carbonyl (C=O) groups excluding carboxylic acids is 1. The molecule has 2 atom stereocenters. The van der Waals surface area contributed by atoms with Crippen LogP contribution in [0.4, 0.5) is 0 Å². The van der Waals surface area contributed by atoms with Crippen LogP contribution < -0.4 is 5.32 Å². The maximum atomic E-state index is 10.9. The molecule has 2 fully saturated rings. The fraction of sp³-hybridized carbons (Fsp3) is 0.875. The molecule has 1 saturated carbocycles. The molecule has 0 aromatic heterocycles. The minimum absolute atomic E-state index is 0.392. The largest absolute Gasteiger partial charge is 0.316 e. The fourth-order valence-corrected chi connectivity index (χ4v) is 2.16. The van der Waals surface area contributed by atoms with E-state index in [0.717, 1.165) is 19.5 Å². The van der Waals surface area contributed by atoms with Crippen LogP contribution in [0.1, 0.15) is 19.8 Å². The molecular formula is C8H13NO. The molecule has 0 aromatic rings. The molecule has 2 aliphatic rings. The van der Waals surface area contributed by atoms with Gasteiger partial charge in [0, 0.05) is 12.5 Å². The highest BCUT2D eigenvalue weighted by Crippen LogP contribution is 2.56. The van der Waals surface area contributed by atoms with Gasteiger partial charge in [-0.1, -0.05) is 0 Å². The quantitative estimate of drug-likeness (QED) is 0.575. The third-order valence-electron chi connectivity index (χ3n) is 2.96. The van der Waals surface area contributed by atoms with Crippen molar-refractivity contribution in [3.63, 3.8) is 0 Å². The molecule has 2 heteroatoms. The maximum absolute atomic E-state index is 10.9. The number of Topliss-reactive ketones (excluding diaryl/α,β-unsaturated/α-hetero) is 1. The van der Waals surface area contributed by atoms with E-state index < -0.39 is 0 Å². The van der Waals surface area contributed by atoms with Crippen LogP contribution in [0, 0.1) is 11.3 Å². The zero-order valence-electron chi connectivity index (χ0n) is 6.31. The lowest BCUT2D eigenvalue weighted by Crippen LogP contribution is -2.13. The average molecular weight is 139 g/mol. The Morgan fingerprint density at radius 2 is 2.50 bits per heavy atom. The number of hydrogen-bond acceptors (Lipinski definition) is 2. The Morgan fingerprint density at radius 1 is 1.70 bits per heavy atom. The average Bonchev–Trinajstić information content (AvgIpc) is 2.32.